The number of nitrogens with two attached hydrogens (primary N) is 1. The molecule has 0 unspecified atom stereocenters. The van der Waals surface area contributed by atoms with Crippen LogP contribution < -0.4 is 5.73 Å². The zero-order chi connectivity index (χ0) is 13.7. The van der Waals surface area contributed by atoms with E-state index in [0.29, 0.717) is 5.82 Å². The van der Waals surface area contributed by atoms with E-state index in [0.717, 1.165) is 33.7 Å². The van der Waals surface area contributed by atoms with Gasteiger partial charge in [0.2, 0.25) is 0 Å². The number of fused-ring (bicyclic) bond motifs is 1. The molecule has 0 aliphatic carbocycles. The van der Waals surface area contributed by atoms with Crippen LogP contribution >= 0.6 is 0 Å². The fourth-order valence-corrected chi connectivity index (χ4v) is 2.53. The Labute approximate surface area is 110 Å². The first-order chi connectivity index (χ1) is 9.00. The molecule has 0 atom stereocenters. The van der Waals surface area contributed by atoms with Gasteiger partial charge in [-0.25, -0.2) is 9.97 Å². The first-order valence-electron chi connectivity index (χ1n) is 6.09. The monoisotopic (exact) mass is 256 g/mol. The van der Waals surface area contributed by atoms with E-state index < -0.39 is 0 Å². The van der Waals surface area contributed by atoms with Gasteiger partial charge in [-0.3, -0.25) is 9.25 Å². The molecule has 2 N–H and O–H groups in total. The minimum atomic E-state index is 0.519. The van der Waals surface area contributed by atoms with Gasteiger partial charge < -0.3 is 5.73 Å². The van der Waals surface area contributed by atoms with Crippen molar-refractivity contribution in [1.29, 1.82) is 0 Å². The molecule has 3 heterocycles. The predicted octanol–water partition coefficient (Wildman–Crippen LogP) is 1.66. The highest BCUT2D eigenvalue weighted by Crippen LogP contribution is 2.30. The quantitative estimate of drug-likeness (QED) is 0.718. The Morgan fingerprint density at radius 2 is 1.89 bits per heavy atom. The Morgan fingerprint density at radius 3 is 2.53 bits per heavy atom. The van der Waals surface area contributed by atoms with Crippen LogP contribution in [0.1, 0.15) is 17.0 Å². The Bertz CT molecular complexity index is 780. The van der Waals surface area contributed by atoms with Crippen molar-refractivity contribution < 1.29 is 0 Å². The van der Waals surface area contributed by atoms with Crippen LogP contribution in [0.5, 0.6) is 0 Å². The van der Waals surface area contributed by atoms with Crippen molar-refractivity contribution >= 4 is 16.9 Å². The number of nitrogen functional groups attached to an aromatic ring is 1. The summed E-state index contributed by atoms with van der Waals surface area (Å²) < 4.78 is 3.89. The van der Waals surface area contributed by atoms with Gasteiger partial charge in [-0.05, 0) is 26.3 Å². The molecule has 3 aromatic rings. The van der Waals surface area contributed by atoms with Crippen LogP contribution in [0.3, 0.4) is 0 Å². The molecule has 6 heteroatoms. The van der Waals surface area contributed by atoms with Crippen molar-refractivity contribution in [2.75, 3.05) is 5.73 Å². The van der Waals surface area contributed by atoms with Crippen molar-refractivity contribution in [2.24, 2.45) is 7.05 Å². The van der Waals surface area contributed by atoms with Crippen LogP contribution in [0.2, 0.25) is 0 Å². The summed E-state index contributed by atoms with van der Waals surface area (Å²) >= 11 is 0. The summed E-state index contributed by atoms with van der Waals surface area (Å²) in [5, 5.41) is 5.31. The number of rotatable bonds is 1. The minimum Gasteiger partial charge on any atom is -0.383 e. The molecule has 0 aliphatic rings. The van der Waals surface area contributed by atoms with Gasteiger partial charge in [-0.2, -0.15) is 5.10 Å². The largest absolute Gasteiger partial charge is 0.383 e. The van der Waals surface area contributed by atoms with Crippen LogP contribution in [0.25, 0.3) is 16.7 Å². The van der Waals surface area contributed by atoms with E-state index in [-0.39, 0.29) is 0 Å². The summed E-state index contributed by atoms with van der Waals surface area (Å²) in [5.41, 5.74) is 11.0. The van der Waals surface area contributed by atoms with E-state index in [1.54, 1.807) is 4.68 Å². The summed E-state index contributed by atoms with van der Waals surface area (Å²) in [4.78, 5) is 8.46. The lowest BCUT2D eigenvalue weighted by molar-refractivity contribution is 0.756. The first kappa shape index (κ1) is 11.7. The summed E-state index contributed by atoms with van der Waals surface area (Å²) in [6.45, 7) is 6.09. The van der Waals surface area contributed by atoms with E-state index in [9.17, 15) is 0 Å². The molecular formula is C13H16N6. The summed E-state index contributed by atoms with van der Waals surface area (Å²) in [6, 6.07) is 0. The second-order valence-corrected chi connectivity index (χ2v) is 4.78. The Morgan fingerprint density at radius 1 is 1.16 bits per heavy atom. The highest BCUT2D eigenvalue weighted by atomic mass is 15.3. The van der Waals surface area contributed by atoms with Crippen LogP contribution in [0.15, 0.2) is 12.5 Å². The van der Waals surface area contributed by atoms with Gasteiger partial charge in [0.15, 0.2) is 5.65 Å². The molecule has 0 radical (unpaired) electrons. The minimum absolute atomic E-state index is 0.519. The Kier molecular flexibility index (Phi) is 2.35. The third-order valence-electron chi connectivity index (χ3n) is 3.55. The Balaban J connectivity index is 2.45. The lowest BCUT2D eigenvalue weighted by Gasteiger charge is -2.05. The van der Waals surface area contributed by atoms with Gasteiger partial charge in [-0.1, -0.05) is 0 Å². The SMILES string of the molecule is Cc1nn(C)cc1-n1c(C)c(C)c2c(N)ncnc21. The Hall–Kier alpha value is -2.37. The topological polar surface area (TPSA) is 74.5 Å². The second-order valence-electron chi connectivity index (χ2n) is 4.78. The molecule has 98 valence electrons. The third kappa shape index (κ3) is 1.53. The van der Waals surface area contributed by atoms with E-state index in [1.807, 2.05) is 27.1 Å². The third-order valence-corrected chi connectivity index (χ3v) is 3.55. The maximum atomic E-state index is 5.98. The molecule has 0 fully saturated rings. The second kappa shape index (κ2) is 3.81. The normalized spacial score (nSPS) is 11.4. The smallest absolute Gasteiger partial charge is 0.150 e. The zero-order valence-electron chi connectivity index (χ0n) is 11.5. The van der Waals surface area contributed by atoms with Gasteiger partial charge in [0.1, 0.15) is 12.1 Å². The molecule has 6 nitrogen and oxygen atoms in total. The molecule has 0 bridgehead atoms. The molecule has 3 aromatic heterocycles. The number of hydrogen-bond acceptors (Lipinski definition) is 4. The van der Waals surface area contributed by atoms with Crippen molar-refractivity contribution in [3.05, 3.63) is 29.5 Å². The fraction of sp³-hybridized carbons (Fsp3) is 0.308. The van der Waals surface area contributed by atoms with Gasteiger partial charge in [0.25, 0.3) is 0 Å². The van der Waals surface area contributed by atoms with Gasteiger partial charge in [0, 0.05) is 18.9 Å². The van der Waals surface area contributed by atoms with Crippen molar-refractivity contribution in [2.45, 2.75) is 20.8 Å². The number of nitrogens with zero attached hydrogens (tertiary/aromatic N) is 5. The van der Waals surface area contributed by atoms with E-state index in [1.165, 1.54) is 6.33 Å². The van der Waals surface area contributed by atoms with Gasteiger partial charge in [0.05, 0.1) is 16.8 Å². The van der Waals surface area contributed by atoms with Crippen LogP contribution in [-0.4, -0.2) is 24.3 Å². The van der Waals surface area contributed by atoms with Crippen molar-refractivity contribution in [1.82, 2.24) is 24.3 Å². The molecule has 0 amide bonds. The lowest BCUT2D eigenvalue weighted by Crippen LogP contribution is -1.99. The van der Waals surface area contributed by atoms with Crippen molar-refractivity contribution in [3.8, 4) is 5.69 Å². The van der Waals surface area contributed by atoms with Crippen LogP contribution in [0.4, 0.5) is 5.82 Å². The maximum Gasteiger partial charge on any atom is 0.150 e. The highest BCUT2D eigenvalue weighted by Gasteiger charge is 2.18. The van der Waals surface area contributed by atoms with E-state index in [4.69, 9.17) is 5.73 Å². The van der Waals surface area contributed by atoms with E-state index >= 15 is 0 Å². The number of anilines is 1. The summed E-state index contributed by atoms with van der Waals surface area (Å²) in [5.74, 6) is 0.519. The van der Waals surface area contributed by atoms with Crippen LogP contribution in [-0.2, 0) is 7.05 Å². The maximum absolute atomic E-state index is 5.98. The number of hydrogen-bond donors (Lipinski definition) is 1. The summed E-state index contributed by atoms with van der Waals surface area (Å²) in [7, 11) is 1.91. The van der Waals surface area contributed by atoms with Crippen molar-refractivity contribution in [3.63, 3.8) is 0 Å². The molecule has 0 aromatic carbocycles. The van der Waals surface area contributed by atoms with Gasteiger partial charge in [-0.15, -0.1) is 0 Å². The molecule has 3 rings (SSSR count). The lowest BCUT2D eigenvalue weighted by atomic mass is 10.2. The highest BCUT2D eigenvalue weighted by molar-refractivity contribution is 5.92. The first-order valence-corrected chi connectivity index (χ1v) is 6.09. The molecule has 0 aliphatic heterocycles. The van der Waals surface area contributed by atoms with Crippen LogP contribution in [0, 0.1) is 20.8 Å². The van der Waals surface area contributed by atoms with E-state index in [2.05, 4.69) is 26.6 Å². The summed E-state index contributed by atoms with van der Waals surface area (Å²) in [6.07, 6.45) is 3.48. The fourth-order valence-electron chi connectivity index (χ4n) is 2.53. The number of aryl methyl sites for hydroxylation is 3. The predicted molar refractivity (Wildman–Crippen MR) is 74.3 cm³/mol. The zero-order valence-corrected chi connectivity index (χ0v) is 11.5. The molecule has 0 spiro atoms. The van der Waals surface area contributed by atoms with Gasteiger partial charge >= 0.3 is 0 Å². The average molecular weight is 256 g/mol. The molecule has 19 heavy (non-hydrogen) atoms. The molecular weight excluding hydrogens is 240 g/mol. The average Bonchev–Trinajstić information content (AvgIpc) is 2.79. The standard InChI is InChI=1S/C13H16N6/c1-7-9(3)19(10-5-18(4)17-8(10)2)13-11(7)12(14)15-6-16-13/h5-6H,1-4H3,(H2,14,15,16). The number of aromatic nitrogens is 5. The molecule has 0 saturated carbocycles. The molecule has 0 saturated heterocycles.